The van der Waals surface area contributed by atoms with Crippen LogP contribution in [0.15, 0.2) is 24.3 Å². The van der Waals surface area contributed by atoms with E-state index in [1.807, 2.05) is 27.7 Å². The topological polar surface area (TPSA) is 107 Å². The van der Waals surface area contributed by atoms with Gasteiger partial charge in [-0.25, -0.2) is 4.79 Å². The lowest BCUT2D eigenvalue weighted by molar-refractivity contribution is -0.152. The van der Waals surface area contributed by atoms with Crippen LogP contribution in [-0.2, 0) is 19.2 Å². The predicted octanol–water partition coefficient (Wildman–Crippen LogP) is 4.64. The lowest BCUT2D eigenvalue weighted by atomic mass is 9.79. The van der Waals surface area contributed by atoms with Crippen LogP contribution in [0, 0.1) is 16.7 Å². The zero-order chi connectivity index (χ0) is 27.8. The summed E-state index contributed by atoms with van der Waals surface area (Å²) in [7, 11) is 0. The molecule has 1 aromatic carbocycles. The molecule has 0 aromatic heterocycles. The molecule has 3 fully saturated rings. The minimum atomic E-state index is -1.10. The smallest absolute Gasteiger partial charge is 0.326 e. The zero-order valence-electron chi connectivity index (χ0n) is 22.8. The third-order valence-corrected chi connectivity index (χ3v) is 9.03. The molecule has 2 N–H and O–H groups in total. The molecule has 1 spiro atoms. The number of rotatable bonds is 6. The SMILES string of the molecule is CC1N(C(=O)[C@@H](NC(=O)CC2CCCCC2)C(C)(C)C)[C@H](C(=O)O)C[C@]12CC(=O)N(c1cccc(Cl)c1)C2. The van der Waals surface area contributed by atoms with Crippen LogP contribution >= 0.6 is 11.6 Å². The van der Waals surface area contributed by atoms with E-state index >= 15 is 0 Å². The van der Waals surface area contributed by atoms with Crippen LogP contribution in [0.2, 0.25) is 5.02 Å². The average Bonchev–Trinajstić information content (AvgIpc) is 3.33. The maximum atomic E-state index is 14.1. The first-order chi connectivity index (χ1) is 17.8. The number of benzene rings is 1. The number of halogens is 1. The van der Waals surface area contributed by atoms with E-state index in [9.17, 15) is 24.3 Å². The molecule has 208 valence electrons. The Bertz CT molecular complexity index is 1100. The lowest BCUT2D eigenvalue weighted by Gasteiger charge is -2.38. The number of carboxylic acids is 1. The summed E-state index contributed by atoms with van der Waals surface area (Å²) in [6.45, 7) is 7.77. The Labute approximate surface area is 230 Å². The Morgan fingerprint density at radius 3 is 2.47 bits per heavy atom. The highest BCUT2D eigenvalue weighted by Crippen LogP contribution is 2.49. The largest absolute Gasteiger partial charge is 0.480 e. The Morgan fingerprint density at radius 1 is 1.18 bits per heavy atom. The summed E-state index contributed by atoms with van der Waals surface area (Å²) in [5, 5.41) is 13.6. The number of likely N-dealkylation sites (tertiary alicyclic amines) is 1. The number of carboxylic acid groups (broad SMARTS) is 1. The average molecular weight is 546 g/mol. The van der Waals surface area contributed by atoms with Crippen LogP contribution in [-0.4, -0.2) is 58.4 Å². The van der Waals surface area contributed by atoms with Gasteiger partial charge < -0.3 is 20.2 Å². The van der Waals surface area contributed by atoms with E-state index in [-0.39, 0.29) is 24.7 Å². The van der Waals surface area contributed by atoms with E-state index in [1.54, 1.807) is 29.2 Å². The first kappa shape index (κ1) is 28.4. The fraction of sp³-hybridized carbons (Fsp3) is 0.655. The van der Waals surface area contributed by atoms with E-state index in [0.29, 0.717) is 29.6 Å². The molecule has 1 aromatic rings. The second-order valence-electron chi connectivity index (χ2n) is 12.6. The van der Waals surface area contributed by atoms with Crippen LogP contribution < -0.4 is 10.2 Å². The van der Waals surface area contributed by atoms with Gasteiger partial charge in [-0.05, 0) is 55.7 Å². The molecule has 1 saturated carbocycles. The molecular weight excluding hydrogens is 506 g/mol. The van der Waals surface area contributed by atoms with Gasteiger partial charge in [0.2, 0.25) is 17.7 Å². The van der Waals surface area contributed by atoms with Crippen LogP contribution in [0.4, 0.5) is 5.69 Å². The highest BCUT2D eigenvalue weighted by molar-refractivity contribution is 6.31. The number of carbonyl (C=O) groups excluding carboxylic acids is 3. The molecule has 38 heavy (non-hydrogen) atoms. The second-order valence-corrected chi connectivity index (χ2v) is 13.0. The minimum absolute atomic E-state index is 0.120. The molecule has 1 unspecified atom stereocenters. The molecule has 3 aliphatic rings. The quantitative estimate of drug-likeness (QED) is 0.541. The van der Waals surface area contributed by atoms with Gasteiger partial charge in [-0.1, -0.05) is 57.7 Å². The van der Waals surface area contributed by atoms with E-state index in [0.717, 1.165) is 25.7 Å². The summed E-state index contributed by atoms with van der Waals surface area (Å²) in [4.78, 5) is 55.8. The lowest BCUT2D eigenvalue weighted by Crippen LogP contribution is -2.59. The van der Waals surface area contributed by atoms with E-state index in [4.69, 9.17) is 11.6 Å². The number of hydrogen-bond donors (Lipinski definition) is 2. The molecule has 4 rings (SSSR count). The van der Waals surface area contributed by atoms with Crippen molar-refractivity contribution in [3.8, 4) is 0 Å². The zero-order valence-corrected chi connectivity index (χ0v) is 23.6. The Balaban J connectivity index is 1.57. The van der Waals surface area contributed by atoms with Gasteiger partial charge in [0.05, 0.1) is 0 Å². The first-order valence-electron chi connectivity index (χ1n) is 13.7. The summed E-state index contributed by atoms with van der Waals surface area (Å²) in [6.07, 6.45) is 6.18. The molecule has 2 saturated heterocycles. The van der Waals surface area contributed by atoms with Crippen molar-refractivity contribution in [2.45, 2.75) is 97.2 Å². The third-order valence-electron chi connectivity index (χ3n) is 8.79. The predicted molar refractivity (Wildman–Crippen MR) is 146 cm³/mol. The molecule has 1 aliphatic carbocycles. The standard InChI is InChI=1S/C29H40ClN3O5/c1-18-29(16-24(35)32(17-29)21-12-8-11-20(30)14-21)15-22(27(37)38)33(18)26(36)25(28(2,3)4)31-23(34)13-19-9-6-5-7-10-19/h8,11-12,14,18-19,22,25H,5-7,9-10,13,15-17H2,1-4H3,(H,31,34)(H,37,38)/t18?,22-,25+,29+/m0/s1. The number of nitrogens with zero attached hydrogens (tertiary/aromatic N) is 2. The number of amides is 3. The molecular formula is C29H40ClN3O5. The summed E-state index contributed by atoms with van der Waals surface area (Å²) < 4.78 is 0. The van der Waals surface area contributed by atoms with Crippen LogP contribution in [0.3, 0.4) is 0 Å². The number of carbonyl (C=O) groups is 4. The van der Waals surface area contributed by atoms with Gasteiger partial charge >= 0.3 is 5.97 Å². The van der Waals surface area contributed by atoms with Crippen LogP contribution in [0.5, 0.6) is 0 Å². The van der Waals surface area contributed by atoms with Crippen molar-refractivity contribution in [3.63, 3.8) is 0 Å². The molecule has 8 nitrogen and oxygen atoms in total. The van der Waals surface area contributed by atoms with Gasteiger partial charge in [0, 0.05) is 41.6 Å². The van der Waals surface area contributed by atoms with Crippen LogP contribution in [0.25, 0.3) is 0 Å². The van der Waals surface area contributed by atoms with E-state index in [2.05, 4.69) is 5.32 Å². The molecule has 2 heterocycles. The Hall–Kier alpha value is -2.61. The Morgan fingerprint density at radius 2 is 1.87 bits per heavy atom. The summed E-state index contributed by atoms with van der Waals surface area (Å²) in [5.41, 5.74) is -0.686. The van der Waals surface area contributed by atoms with E-state index < -0.39 is 40.8 Å². The maximum absolute atomic E-state index is 14.1. The number of hydrogen-bond acceptors (Lipinski definition) is 4. The summed E-state index contributed by atoms with van der Waals surface area (Å²) >= 11 is 6.16. The van der Waals surface area contributed by atoms with Gasteiger partial charge in [0.1, 0.15) is 12.1 Å². The van der Waals surface area contributed by atoms with Crippen molar-refractivity contribution in [2.75, 3.05) is 11.4 Å². The number of aliphatic carboxylic acids is 1. The Kier molecular flexibility index (Phi) is 8.12. The van der Waals surface area contributed by atoms with Crippen molar-refractivity contribution in [3.05, 3.63) is 29.3 Å². The molecule has 0 radical (unpaired) electrons. The van der Waals surface area contributed by atoms with Crippen molar-refractivity contribution in [1.29, 1.82) is 0 Å². The first-order valence-corrected chi connectivity index (χ1v) is 14.1. The summed E-state index contributed by atoms with van der Waals surface area (Å²) in [6, 6.07) is 4.56. The van der Waals surface area contributed by atoms with Crippen molar-refractivity contribution < 1.29 is 24.3 Å². The molecule has 4 atom stereocenters. The van der Waals surface area contributed by atoms with Crippen molar-refractivity contribution in [2.24, 2.45) is 16.7 Å². The van der Waals surface area contributed by atoms with E-state index in [1.165, 1.54) is 11.3 Å². The molecule has 9 heteroatoms. The maximum Gasteiger partial charge on any atom is 0.326 e. The van der Waals surface area contributed by atoms with Gasteiger partial charge in [0.15, 0.2) is 0 Å². The number of anilines is 1. The fourth-order valence-corrected chi connectivity index (χ4v) is 6.78. The molecule has 0 bridgehead atoms. The van der Waals surface area contributed by atoms with Gasteiger partial charge in [-0.2, -0.15) is 0 Å². The van der Waals surface area contributed by atoms with Crippen LogP contribution in [0.1, 0.15) is 79.1 Å². The highest BCUT2D eigenvalue weighted by atomic mass is 35.5. The number of nitrogens with one attached hydrogen (secondary N) is 1. The highest BCUT2D eigenvalue weighted by Gasteiger charge is 2.60. The molecule has 2 aliphatic heterocycles. The van der Waals surface area contributed by atoms with Gasteiger partial charge in [0.25, 0.3) is 0 Å². The van der Waals surface area contributed by atoms with Crippen molar-refractivity contribution >= 4 is 41.0 Å². The monoisotopic (exact) mass is 545 g/mol. The fourth-order valence-electron chi connectivity index (χ4n) is 6.59. The molecule has 3 amide bonds. The minimum Gasteiger partial charge on any atom is -0.480 e. The normalized spacial score (nSPS) is 27.1. The van der Waals surface area contributed by atoms with Crippen molar-refractivity contribution in [1.82, 2.24) is 10.2 Å². The second kappa shape index (κ2) is 10.9. The third kappa shape index (κ3) is 5.70. The van der Waals surface area contributed by atoms with Gasteiger partial charge in [-0.15, -0.1) is 0 Å². The van der Waals surface area contributed by atoms with Gasteiger partial charge in [-0.3, -0.25) is 14.4 Å². The summed E-state index contributed by atoms with van der Waals surface area (Å²) in [5.74, 6) is -1.47.